The lowest BCUT2D eigenvalue weighted by atomic mass is 10.1. The normalized spacial score (nSPS) is 17.4. The fourth-order valence-corrected chi connectivity index (χ4v) is 2.98. The minimum absolute atomic E-state index is 0.428. The van der Waals surface area contributed by atoms with Gasteiger partial charge in [0.15, 0.2) is 0 Å². The molecule has 100 valence electrons. The maximum Gasteiger partial charge on any atom is 0.134 e. The zero-order valence-corrected chi connectivity index (χ0v) is 12.0. The molecule has 3 N–H and O–H groups in total. The smallest absolute Gasteiger partial charge is 0.134 e. The number of thiocarbonyl (C=S) groups is 1. The number of rotatable bonds is 3. The largest absolute Gasteiger partial charge is 0.389 e. The quantitative estimate of drug-likeness (QED) is 0.652. The fraction of sp³-hybridized carbons (Fsp3) is 0.692. The van der Waals surface area contributed by atoms with Gasteiger partial charge in [0.2, 0.25) is 0 Å². The molecule has 0 unspecified atom stereocenters. The van der Waals surface area contributed by atoms with Crippen molar-refractivity contribution >= 4 is 23.0 Å². The van der Waals surface area contributed by atoms with E-state index in [1.54, 1.807) is 0 Å². The molecule has 1 heterocycles. The number of hydrogen-bond acceptors (Lipinski definition) is 3. The second kappa shape index (κ2) is 5.69. The van der Waals surface area contributed by atoms with E-state index in [2.05, 4.69) is 10.4 Å². The van der Waals surface area contributed by atoms with Crippen molar-refractivity contribution in [3.8, 4) is 0 Å². The standard InChI is InChI=1S/C13H22N4S/c1-9-11(12(14)18)13(17(2)16-9)15-10-7-5-3-4-6-8-10/h10,15H,3-8H2,1-2H3,(H2,14,18). The molecule has 0 atom stereocenters. The van der Waals surface area contributed by atoms with Crippen LogP contribution in [-0.2, 0) is 7.05 Å². The lowest BCUT2D eigenvalue weighted by Crippen LogP contribution is -2.23. The van der Waals surface area contributed by atoms with Crippen LogP contribution in [0.2, 0.25) is 0 Å². The van der Waals surface area contributed by atoms with E-state index in [0.717, 1.165) is 17.1 Å². The van der Waals surface area contributed by atoms with Gasteiger partial charge in [-0.1, -0.05) is 37.9 Å². The Labute approximate surface area is 114 Å². The topological polar surface area (TPSA) is 55.9 Å². The van der Waals surface area contributed by atoms with Gasteiger partial charge in [-0.05, 0) is 19.8 Å². The third-order valence-electron chi connectivity index (χ3n) is 3.66. The molecule has 1 aliphatic rings. The van der Waals surface area contributed by atoms with E-state index in [9.17, 15) is 0 Å². The summed E-state index contributed by atoms with van der Waals surface area (Å²) in [5, 5.41) is 8.00. The molecule has 1 aromatic heterocycles. The molecule has 1 aliphatic carbocycles. The highest BCUT2D eigenvalue weighted by molar-refractivity contribution is 7.80. The van der Waals surface area contributed by atoms with Crippen LogP contribution in [0, 0.1) is 6.92 Å². The van der Waals surface area contributed by atoms with Crippen LogP contribution in [0.15, 0.2) is 0 Å². The molecule has 2 rings (SSSR count). The van der Waals surface area contributed by atoms with Gasteiger partial charge in [0.25, 0.3) is 0 Å². The molecule has 0 amide bonds. The van der Waals surface area contributed by atoms with Crippen molar-refractivity contribution in [3.63, 3.8) is 0 Å². The summed E-state index contributed by atoms with van der Waals surface area (Å²) in [5.41, 5.74) is 7.61. The van der Waals surface area contributed by atoms with Crippen molar-refractivity contribution in [2.75, 3.05) is 5.32 Å². The fourth-order valence-electron chi connectivity index (χ4n) is 2.74. The number of anilines is 1. The summed E-state index contributed by atoms with van der Waals surface area (Å²) in [6, 6.07) is 0.524. The Morgan fingerprint density at radius 1 is 1.33 bits per heavy atom. The summed E-state index contributed by atoms with van der Waals surface area (Å²) in [6.45, 7) is 1.95. The van der Waals surface area contributed by atoms with Crippen LogP contribution in [-0.4, -0.2) is 20.8 Å². The van der Waals surface area contributed by atoms with Gasteiger partial charge in [-0.3, -0.25) is 4.68 Å². The van der Waals surface area contributed by atoms with Crippen molar-refractivity contribution in [1.29, 1.82) is 0 Å². The van der Waals surface area contributed by atoms with Crippen LogP contribution in [0.25, 0.3) is 0 Å². The summed E-state index contributed by atoms with van der Waals surface area (Å²) in [6.07, 6.45) is 7.76. The third kappa shape index (κ3) is 2.83. The van der Waals surface area contributed by atoms with Gasteiger partial charge in [0.05, 0.1) is 11.3 Å². The van der Waals surface area contributed by atoms with E-state index >= 15 is 0 Å². The van der Waals surface area contributed by atoms with Crippen LogP contribution in [0.5, 0.6) is 0 Å². The minimum atomic E-state index is 0.428. The van der Waals surface area contributed by atoms with E-state index in [4.69, 9.17) is 18.0 Å². The first kappa shape index (κ1) is 13.3. The molecule has 1 aromatic rings. The molecule has 4 nitrogen and oxygen atoms in total. The molecule has 0 aliphatic heterocycles. The van der Waals surface area contributed by atoms with Crippen molar-refractivity contribution in [1.82, 2.24) is 9.78 Å². The first-order valence-electron chi connectivity index (χ1n) is 6.69. The Morgan fingerprint density at radius 3 is 2.50 bits per heavy atom. The van der Waals surface area contributed by atoms with Crippen molar-refractivity contribution in [2.45, 2.75) is 51.5 Å². The van der Waals surface area contributed by atoms with Crippen molar-refractivity contribution < 1.29 is 0 Å². The second-order valence-electron chi connectivity index (χ2n) is 5.13. The van der Waals surface area contributed by atoms with Gasteiger partial charge < -0.3 is 11.1 Å². The van der Waals surface area contributed by atoms with E-state index in [0.29, 0.717) is 11.0 Å². The summed E-state index contributed by atoms with van der Waals surface area (Å²) >= 11 is 5.13. The van der Waals surface area contributed by atoms with E-state index in [1.165, 1.54) is 38.5 Å². The Balaban J connectivity index is 2.19. The maximum atomic E-state index is 5.80. The SMILES string of the molecule is Cc1nn(C)c(NC2CCCCCC2)c1C(N)=S. The number of hydrogen-bond donors (Lipinski definition) is 2. The Hall–Kier alpha value is -1.10. The first-order valence-corrected chi connectivity index (χ1v) is 7.10. The molecule has 1 saturated carbocycles. The van der Waals surface area contributed by atoms with E-state index in [1.807, 2.05) is 18.7 Å². The summed E-state index contributed by atoms with van der Waals surface area (Å²) in [7, 11) is 1.94. The van der Waals surface area contributed by atoms with Crippen LogP contribution >= 0.6 is 12.2 Å². The number of aryl methyl sites for hydroxylation is 2. The van der Waals surface area contributed by atoms with Crippen molar-refractivity contribution in [2.24, 2.45) is 12.8 Å². The highest BCUT2D eigenvalue weighted by atomic mass is 32.1. The Bertz CT molecular complexity index is 430. The predicted octanol–water partition coefficient (Wildman–Crippen LogP) is 2.50. The molecule has 0 radical (unpaired) electrons. The average molecular weight is 266 g/mol. The van der Waals surface area contributed by atoms with Gasteiger partial charge in [-0.2, -0.15) is 5.10 Å². The summed E-state index contributed by atoms with van der Waals surface area (Å²) < 4.78 is 1.86. The predicted molar refractivity (Wildman–Crippen MR) is 78.9 cm³/mol. The third-order valence-corrected chi connectivity index (χ3v) is 3.87. The van der Waals surface area contributed by atoms with Gasteiger partial charge >= 0.3 is 0 Å². The second-order valence-corrected chi connectivity index (χ2v) is 5.57. The van der Waals surface area contributed by atoms with Crippen LogP contribution in [0.3, 0.4) is 0 Å². The van der Waals surface area contributed by atoms with Gasteiger partial charge in [-0.15, -0.1) is 0 Å². The molecule has 0 aromatic carbocycles. The van der Waals surface area contributed by atoms with Crippen LogP contribution in [0.4, 0.5) is 5.82 Å². The number of nitrogens with two attached hydrogens (primary N) is 1. The summed E-state index contributed by atoms with van der Waals surface area (Å²) in [4.78, 5) is 0.428. The molecular weight excluding hydrogens is 244 g/mol. The lowest BCUT2D eigenvalue weighted by Gasteiger charge is -2.18. The average Bonchev–Trinajstić information content (AvgIpc) is 2.51. The van der Waals surface area contributed by atoms with Gasteiger partial charge in [0, 0.05) is 13.1 Å². The number of aromatic nitrogens is 2. The molecule has 1 fully saturated rings. The Morgan fingerprint density at radius 2 is 1.94 bits per heavy atom. The molecule has 18 heavy (non-hydrogen) atoms. The van der Waals surface area contributed by atoms with Crippen LogP contribution < -0.4 is 11.1 Å². The minimum Gasteiger partial charge on any atom is -0.389 e. The monoisotopic (exact) mass is 266 g/mol. The molecular formula is C13H22N4S. The first-order chi connectivity index (χ1) is 8.59. The molecule has 0 saturated heterocycles. The highest BCUT2D eigenvalue weighted by Gasteiger charge is 2.19. The zero-order chi connectivity index (χ0) is 13.1. The maximum absolute atomic E-state index is 5.80. The van der Waals surface area contributed by atoms with Gasteiger partial charge in [-0.25, -0.2) is 0 Å². The van der Waals surface area contributed by atoms with E-state index in [-0.39, 0.29) is 0 Å². The number of nitrogens with one attached hydrogen (secondary N) is 1. The van der Waals surface area contributed by atoms with E-state index < -0.39 is 0 Å². The molecule has 5 heteroatoms. The highest BCUT2D eigenvalue weighted by Crippen LogP contribution is 2.24. The lowest BCUT2D eigenvalue weighted by molar-refractivity contribution is 0.609. The van der Waals surface area contributed by atoms with Crippen LogP contribution in [0.1, 0.15) is 49.8 Å². The number of nitrogens with zero attached hydrogens (tertiary/aromatic N) is 2. The summed E-state index contributed by atoms with van der Waals surface area (Å²) in [5.74, 6) is 0.979. The zero-order valence-electron chi connectivity index (χ0n) is 11.2. The molecule has 0 spiro atoms. The van der Waals surface area contributed by atoms with Gasteiger partial charge in [0.1, 0.15) is 10.8 Å². The molecule has 0 bridgehead atoms. The van der Waals surface area contributed by atoms with Crippen molar-refractivity contribution in [3.05, 3.63) is 11.3 Å². The Kier molecular flexibility index (Phi) is 4.22.